The molecule has 58 heavy (non-hydrogen) atoms. The van der Waals surface area contributed by atoms with Crippen LogP contribution in [0.25, 0.3) is 0 Å². The van der Waals surface area contributed by atoms with Crippen LogP contribution in [0, 0.1) is 5.92 Å². The lowest BCUT2D eigenvalue weighted by Crippen LogP contribution is -2.52. The van der Waals surface area contributed by atoms with Gasteiger partial charge < -0.3 is 29.7 Å². The van der Waals surface area contributed by atoms with Gasteiger partial charge in [0.1, 0.15) is 5.75 Å². The Hall–Kier alpha value is -5.07. The molecule has 5 aromatic carbocycles. The molecule has 0 bridgehead atoms. The number of fused-ring (bicyclic) bond motifs is 3. The first-order chi connectivity index (χ1) is 27.9. The van der Waals surface area contributed by atoms with Crippen molar-refractivity contribution in [3.05, 3.63) is 154 Å². The maximum absolute atomic E-state index is 15.4. The first kappa shape index (κ1) is 39.7. The van der Waals surface area contributed by atoms with Crippen molar-refractivity contribution in [2.45, 2.75) is 69.2 Å². The molecule has 0 aromatic heterocycles. The van der Waals surface area contributed by atoms with Crippen molar-refractivity contribution in [2.24, 2.45) is 5.92 Å². The number of hydrogen-bond donors (Lipinski definition) is 2. The van der Waals surface area contributed by atoms with Crippen LogP contribution in [0.3, 0.4) is 0 Å². The van der Waals surface area contributed by atoms with E-state index in [1.54, 1.807) is 29.0 Å². The van der Waals surface area contributed by atoms with Crippen molar-refractivity contribution in [2.75, 3.05) is 23.9 Å². The number of aliphatic hydroxyl groups is 1. The van der Waals surface area contributed by atoms with Gasteiger partial charge in [-0.15, -0.1) is 0 Å². The summed E-state index contributed by atoms with van der Waals surface area (Å²) in [5, 5.41) is 14.7. The minimum Gasteiger partial charge on any atom is -0.497 e. The molecule has 9 nitrogen and oxygen atoms in total. The van der Waals surface area contributed by atoms with Crippen molar-refractivity contribution >= 4 is 58.3 Å². The largest absolute Gasteiger partial charge is 0.497 e. The SMILES string of the molecule is COc1ccc([Si](C)(C)[C@H]2[C@H](CC(=O)N3Cc4ccccc4C[C@H]3CO)O[C@@]3(C(=O)N(Cc4cccc(NC(=O)c5ccccc5)c4)c4ccc(Br)cc43)[C@@H]2C)cc1. The molecule has 0 radical (unpaired) electrons. The Morgan fingerprint density at radius 1 is 0.931 bits per heavy atom. The normalized spacial score (nSPS) is 22.5. The summed E-state index contributed by atoms with van der Waals surface area (Å²) in [6, 6.07) is 38.4. The molecule has 3 aliphatic heterocycles. The number of ether oxygens (including phenoxy) is 2. The quantitative estimate of drug-likeness (QED) is 0.139. The molecule has 1 fully saturated rings. The summed E-state index contributed by atoms with van der Waals surface area (Å²) < 4.78 is 13.6. The number of aliphatic hydroxyl groups excluding tert-OH is 1. The van der Waals surface area contributed by atoms with E-state index in [9.17, 15) is 14.7 Å². The number of hydrogen-bond acceptors (Lipinski definition) is 6. The zero-order valence-corrected chi connectivity index (χ0v) is 35.7. The molecule has 2 N–H and O–H groups in total. The highest BCUT2D eigenvalue weighted by Crippen LogP contribution is 2.60. The minimum absolute atomic E-state index is 0.0712. The Balaban J connectivity index is 1.15. The Labute approximate surface area is 349 Å². The summed E-state index contributed by atoms with van der Waals surface area (Å²) in [7, 11) is -0.885. The molecular weight excluding hydrogens is 811 g/mol. The molecular formula is C47H48BrN3O6Si. The van der Waals surface area contributed by atoms with Crippen LogP contribution in [0.1, 0.15) is 46.0 Å². The predicted octanol–water partition coefficient (Wildman–Crippen LogP) is 7.81. The lowest BCUT2D eigenvalue weighted by molar-refractivity contribution is -0.151. The van der Waals surface area contributed by atoms with E-state index in [1.165, 1.54) is 5.19 Å². The third-order valence-corrected chi connectivity index (χ3v) is 17.5. The second kappa shape index (κ2) is 15.9. The van der Waals surface area contributed by atoms with Gasteiger partial charge in [-0.05, 0) is 83.2 Å². The number of amides is 3. The van der Waals surface area contributed by atoms with Gasteiger partial charge in [0, 0.05) is 33.7 Å². The molecule has 0 saturated carbocycles. The van der Waals surface area contributed by atoms with Crippen molar-refractivity contribution in [3.63, 3.8) is 0 Å². The van der Waals surface area contributed by atoms with Crippen LogP contribution in [0.15, 0.2) is 126 Å². The van der Waals surface area contributed by atoms with Crippen molar-refractivity contribution in [1.82, 2.24) is 4.90 Å². The van der Waals surface area contributed by atoms with Gasteiger partial charge in [0.05, 0.1) is 52.6 Å². The smallest absolute Gasteiger partial charge is 0.264 e. The van der Waals surface area contributed by atoms with Crippen LogP contribution in [-0.4, -0.2) is 61.7 Å². The molecule has 3 heterocycles. The van der Waals surface area contributed by atoms with Gasteiger partial charge in [-0.1, -0.05) is 108 Å². The van der Waals surface area contributed by atoms with Gasteiger partial charge in [-0.25, -0.2) is 0 Å². The van der Waals surface area contributed by atoms with Gasteiger partial charge >= 0.3 is 0 Å². The first-order valence-electron chi connectivity index (χ1n) is 19.8. The molecule has 3 aliphatic rings. The Morgan fingerprint density at radius 2 is 1.66 bits per heavy atom. The molecule has 0 unspecified atom stereocenters. The number of nitrogens with one attached hydrogen (secondary N) is 1. The summed E-state index contributed by atoms with van der Waals surface area (Å²) in [4.78, 5) is 46.7. The third-order valence-electron chi connectivity index (χ3n) is 12.6. The van der Waals surface area contributed by atoms with Gasteiger partial charge in [0.2, 0.25) is 5.91 Å². The van der Waals surface area contributed by atoms with E-state index in [1.807, 2.05) is 91.0 Å². The molecule has 1 spiro atoms. The van der Waals surface area contributed by atoms with E-state index in [2.05, 4.69) is 59.5 Å². The number of carbonyl (C=O) groups excluding carboxylic acids is 3. The summed E-state index contributed by atoms with van der Waals surface area (Å²) in [6.07, 6.45) is 0.0585. The van der Waals surface area contributed by atoms with Crippen LogP contribution in [0.2, 0.25) is 18.6 Å². The average molecular weight is 859 g/mol. The van der Waals surface area contributed by atoms with Crippen LogP contribution >= 0.6 is 15.9 Å². The number of halogens is 1. The van der Waals surface area contributed by atoms with Crippen molar-refractivity contribution in [1.29, 1.82) is 0 Å². The zero-order chi connectivity index (χ0) is 40.8. The van der Waals surface area contributed by atoms with Crippen LogP contribution < -0.4 is 20.1 Å². The Kier molecular flexibility index (Phi) is 10.9. The molecule has 3 amide bonds. The Bertz CT molecular complexity index is 2360. The highest BCUT2D eigenvalue weighted by molar-refractivity contribution is 9.10. The number of nitrogens with zero attached hydrogens (tertiary/aromatic N) is 2. The predicted molar refractivity (Wildman–Crippen MR) is 232 cm³/mol. The van der Waals surface area contributed by atoms with Crippen molar-refractivity contribution < 1.29 is 29.0 Å². The van der Waals surface area contributed by atoms with E-state index in [0.29, 0.717) is 24.2 Å². The monoisotopic (exact) mass is 857 g/mol. The van der Waals surface area contributed by atoms with E-state index < -0.39 is 19.8 Å². The minimum atomic E-state index is -2.54. The summed E-state index contributed by atoms with van der Waals surface area (Å²) in [6.45, 7) is 7.24. The maximum atomic E-state index is 15.4. The van der Waals surface area contributed by atoms with Gasteiger partial charge in [0.15, 0.2) is 5.60 Å². The summed E-state index contributed by atoms with van der Waals surface area (Å²) in [5.74, 6) is -0.0413. The third kappa shape index (κ3) is 7.08. The van der Waals surface area contributed by atoms with Gasteiger partial charge in [0.25, 0.3) is 11.8 Å². The fourth-order valence-corrected chi connectivity index (χ4v) is 14.1. The van der Waals surface area contributed by atoms with E-state index in [4.69, 9.17) is 9.47 Å². The standard InChI is InChI=1S/C47H48BrN3O6Si/c1-30-44(58(3,4)39-20-18-38(56-2)19-21-39)42(26-43(53)50-28-34-15-9-8-14-33(34)24-37(50)29-52)57-47(30)40-25-35(48)17-22-41(40)51(46(47)55)27-31-11-10-16-36(23-31)49-45(54)32-12-6-5-7-13-32/h5-23,25,30,37,42,44,52H,24,26-29H2,1-4H3,(H,49,54)/t30-,37+,42+,44-,47+/m1/s1. The molecule has 5 aromatic rings. The van der Waals surface area contributed by atoms with Gasteiger partial charge in [-0.3, -0.25) is 14.4 Å². The topological polar surface area (TPSA) is 108 Å². The lowest BCUT2D eigenvalue weighted by atomic mass is 9.82. The molecule has 11 heteroatoms. The van der Waals surface area contributed by atoms with Crippen LogP contribution in [0.4, 0.5) is 11.4 Å². The maximum Gasteiger partial charge on any atom is 0.264 e. The second-order valence-electron chi connectivity index (χ2n) is 16.3. The van der Waals surface area contributed by atoms with E-state index >= 15 is 4.79 Å². The van der Waals surface area contributed by atoms with E-state index in [-0.39, 0.29) is 54.8 Å². The number of rotatable bonds is 10. The highest BCUT2D eigenvalue weighted by atomic mass is 79.9. The summed E-state index contributed by atoms with van der Waals surface area (Å²) >= 11 is 3.70. The second-order valence-corrected chi connectivity index (χ2v) is 21.9. The molecule has 8 rings (SSSR count). The lowest BCUT2D eigenvalue weighted by Gasteiger charge is -2.39. The number of benzene rings is 5. The van der Waals surface area contributed by atoms with E-state index in [0.717, 1.165) is 38.2 Å². The average Bonchev–Trinajstić information content (AvgIpc) is 3.66. The molecule has 1 saturated heterocycles. The Morgan fingerprint density at radius 3 is 2.38 bits per heavy atom. The highest BCUT2D eigenvalue weighted by Gasteiger charge is 2.66. The molecule has 0 aliphatic carbocycles. The van der Waals surface area contributed by atoms with Crippen LogP contribution in [-0.2, 0) is 39.4 Å². The number of methoxy groups -OCH3 is 1. The fourth-order valence-electron chi connectivity index (χ4n) is 9.70. The summed E-state index contributed by atoms with van der Waals surface area (Å²) in [5.41, 5.74) is 4.24. The van der Waals surface area contributed by atoms with Crippen LogP contribution in [0.5, 0.6) is 5.75 Å². The fraction of sp³-hybridized carbons (Fsp3) is 0.298. The zero-order valence-electron chi connectivity index (χ0n) is 33.2. The first-order valence-corrected chi connectivity index (χ1v) is 23.7. The van der Waals surface area contributed by atoms with Gasteiger partial charge in [-0.2, -0.15) is 0 Å². The number of anilines is 2. The number of carbonyl (C=O) groups is 3. The van der Waals surface area contributed by atoms with Crippen molar-refractivity contribution in [3.8, 4) is 5.75 Å². The molecule has 298 valence electrons. The molecule has 5 atom stereocenters.